The highest BCUT2D eigenvalue weighted by atomic mass is 19.1. The zero-order valence-corrected chi connectivity index (χ0v) is 14.2. The first-order valence-electron chi connectivity index (χ1n) is 8.23. The Labute approximate surface area is 150 Å². The van der Waals surface area contributed by atoms with Crippen molar-refractivity contribution in [3.05, 3.63) is 78.1 Å². The molecule has 0 aliphatic heterocycles. The Bertz CT molecular complexity index is 1010. The molecule has 0 saturated heterocycles. The maximum absolute atomic E-state index is 13.0. The van der Waals surface area contributed by atoms with E-state index in [2.05, 4.69) is 9.97 Å². The second-order valence-electron chi connectivity index (χ2n) is 5.87. The zero-order chi connectivity index (χ0) is 17.9. The molecule has 130 valence electrons. The van der Waals surface area contributed by atoms with Gasteiger partial charge in [0.05, 0.1) is 18.1 Å². The van der Waals surface area contributed by atoms with Crippen molar-refractivity contribution in [3.8, 4) is 22.9 Å². The lowest BCUT2D eigenvalue weighted by molar-refractivity contribution is 0.296. The summed E-state index contributed by atoms with van der Waals surface area (Å²) in [6.45, 7) is 0.308. The molecule has 0 bridgehead atoms. The smallest absolute Gasteiger partial charge is 0.138 e. The number of H-pyrrole nitrogens is 1. The monoisotopic (exact) mass is 348 g/mol. The lowest BCUT2D eigenvalue weighted by Crippen LogP contribution is -1.99. The fraction of sp³-hybridized carbons (Fsp3) is 0.0952. The van der Waals surface area contributed by atoms with Gasteiger partial charge in [-0.3, -0.25) is 0 Å². The average Bonchev–Trinajstić information content (AvgIpc) is 3.11. The minimum Gasteiger partial charge on any atom is -0.496 e. The predicted octanol–water partition coefficient (Wildman–Crippen LogP) is 4.96. The summed E-state index contributed by atoms with van der Waals surface area (Å²) in [7, 11) is 1.62. The van der Waals surface area contributed by atoms with Crippen LogP contribution in [-0.2, 0) is 6.61 Å². The molecule has 0 amide bonds. The number of aromatic nitrogens is 2. The Hall–Kier alpha value is -3.34. The number of rotatable bonds is 5. The quantitative estimate of drug-likeness (QED) is 0.555. The van der Waals surface area contributed by atoms with Crippen molar-refractivity contribution in [3.63, 3.8) is 0 Å². The molecule has 4 rings (SSSR count). The van der Waals surface area contributed by atoms with Crippen molar-refractivity contribution in [2.45, 2.75) is 6.61 Å². The Morgan fingerprint density at radius 1 is 1.00 bits per heavy atom. The molecule has 0 radical (unpaired) electrons. The number of nitrogens with one attached hydrogen (secondary N) is 1. The molecule has 1 heterocycles. The van der Waals surface area contributed by atoms with Crippen molar-refractivity contribution in [1.29, 1.82) is 0 Å². The average molecular weight is 348 g/mol. The van der Waals surface area contributed by atoms with E-state index in [4.69, 9.17) is 9.47 Å². The van der Waals surface area contributed by atoms with Crippen LogP contribution >= 0.6 is 0 Å². The Morgan fingerprint density at radius 3 is 2.58 bits per heavy atom. The maximum atomic E-state index is 13.0. The number of para-hydroxylation sites is 2. The van der Waals surface area contributed by atoms with E-state index < -0.39 is 0 Å². The molecule has 0 unspecified atom stereocenters. The molecule has 1 N–H and O–H groups in total. The van der Waals surface area contributed by atoms with Gasteiger partial charge >= 0.3 is 0 Å². The van der Waals surface area contributed by atoms with Gasteiger partial charge < -0.3 is 14.5 Å². The minimum atomic E-state index is -0.290. The van der Waals surface area contributed by atoms with E-state index in [1.165, 1.54) is 12.1 Å². The molecule has 5 heteroatoms. The summed E-state index contributed by atoms with van der Waals surface area (Å²) in [5, 5.41) is 0. The van der Waals surface area contributed by atoms with Crippen LogP contribution in [-0.4, -0.2) is 17.1 Å². The molecule has 1 aromatic heterocycles. The van der Waals surface area contributed by atoms with Gasteiger partial charge in [-0.15, -0.1) is 0 Å². The van der Waals surface area contributed by atoms with Crippen LogP contribution in [0.2, 0.25) is 0 Å². The van der Waals surface area contributed by atoms with E-state index in [1.54, 1.807) is 19.2 Å². The molecular weight excluding hydrogens is 331 g/mol. The zero-order valence-electron chi connectivity index (χ0n) is 14.2. The first kappa shape index (κ1) is 16.1. The number of halogens is 1. The van der Waals surface area contributed by atoms with Crippen LogP contribution in [0.4, 0.5) is 4.39 Å². The third kappa shape index (κ3) is 3.24. The summed E-state index contributed by atoms with van der Waals surface area (Å²) >= 11 is 0. The standard InChI is InChI=1S/C21H17FN2O2/c1-25-20-11-6-14(21-23-18-4-2-3-5-19(18)24-21)12-15(20)13-26-17-9-7-16(22)8-10-17/h2-12H,13H2,1H3,(H,23,24). The van der Waals surface area contributed by atoms with Gasteiger partial charge in [-0.1, -0.05) is 12.1 Å². The molecule has 4 aromatic rings. The fourth-order valence-corrected chi connectivity index (χ4v) is 2.82. The molecule has 0 aliphatic carbocycles. The van der Waals surface area contributed by atoms with Crippen molar-refractivity contribution in [1.82, 2.24) is 9.97 Å². The van der Waals surface area contributed by atoms with Crippen molar-refractivity contribution < 1.29 is 13.9 Å². The summed E-state index contributed by atoms with van der Waals surface area (Å²) < 4.78 is 24.2. The number of hydrogen-bond donors (Lipinski definition) is 1. The number of nitrogens with zero attached hydrogens (tertiary/aromatic N) is 1. The van der Waals surface area contributed by atoms with E-state index in [9.17, 15) is 4.39 Å². The highest BCUT2D eigenvalue weighted by Gasteiger charge is 2.10. The Morgan fingerprint density at radius 2 is 1.81 bits per heavy atom. The van der Waals surface area contributed by atoms with Gasteiger partial charge in [0, 0.05) is 11.1 Å². The highest BCUT2D eigenvalue weighted by molar-refractivity contribution is 5.79. The fourth-order valence-electron chi connectivity index (χ4n) is 2.82. The Kier molecular flexibility index (Phi) is 4.27. The topological polar surface area (TPSA) is 47.1 Å². The predicted molar refractivity (Wildman–Crippen MR) is 98.8 cm³/mol. The molecule has 0 saturated carbocycles. The summed E-state index contributed by atoms with van der Waals surface area (Å²) in [5.41, 5.74) is 3.74. The minimum absolute atomic E-state index is 0.290. The molecule has 0 aliphatic rings. The van der Waals surface area contributed by atoms with Gasteiger partial charge in [0.25, 0.3) is 0 Å². The largest absolute Gasteiger partial charge is 0.496 e. The Balaban J connectivity index is 1.63. The molecule has 0 spiro atoms. The third-order valence-corrected chi connectivity index (χ3v) is 4.15. The van der Waals surface area contributed by atoms with E-state index in [0.29, 0.717) is 12.4 Å². The number of imidazole rings is 1. The van der Waals surface area contributed by atoms with Crippen LogP contribution < -0.4 is 9.47 Å². The number of benzene rings is 3. The van der Waals surface area contributed by atoms with Crippen LogP contribution in [0.15, 0.2) is 66.7 Å². The highest BCUT2D eigenvalue weighted by Crippen LogP contribution is 2.27. The summed E-state index contributed by atoms with van der Waals surface area (Å²) in [4.78, 5) is 7.95. The van der Waals surface area contributed by atoms with Gasteiger partial charge in [-0.05, 0) is 54.6 Å². The van der Waals surface area contributed by atoms with Crippen LogP contribution in [0, 0.1) is 5.82 Å². The summed E-state index contributed by atoms with van der Waals surface area (Å²) in [6.07, 6.45) is 0. The van der Waals surface area contributed by atoms with Crippen molar-refractivity contribution in [2.75, 3.05) is 7.11 Å². The van der Waals surface area contributed by atoms with Crippen LogP contribution in [0.3, 0.4) is 0 Å². The van der Waals surface area contributed by atoms with Crippen molar-refractivity contribution >= 4 is 11.0 Å². The van der Waals surface area contributed by atoms with Crippen LogP contribution in [0.5, 0.6) is 11.5 Å². The first-order valence-corrected chi connectivity index (χ1v) is 8.23. The van der Waals surface area contributed by atoms with Gasteiger partial charge in [0.2, 0.25) is 0 Å². The van der Waals surface area contributed by atoms with Crippen LogP contribution in [0.1, 0.15) is 5.56 Å². The summed E-state index contributed by atoms with van der Waals surface area (Å²) in [5.74, 6) is 1.83. The van der Waals surface area contributed by atoms with Gasteiger partial charge in [-0.2, -0.15) is 0 Å². The van der Waals surface area contributed by atoms with Gasteiger partial charge in [-0.25, -0.2) is 9.37 Å². The van der Waals surface area contributed by atoms with E-state index in [1.807, 2.05) is 42.5 Å². The normalized spacial score (nSPS) is 10.8. The number of fused-ring (bicyclic) bond motifs is 1. The number of methoxy groups -OCH3 is 1. The molecule has 26 heavy (non-hydrogen) atoms. The second kappa shape index (κ2) is 6.88. The van der Waals surface area contributed by atoms with E-state index in [-0.39, 0.29) is 5.82 Å². The third-order valence-electron chi connectivity index (χ3n) is 4.15. The SMILES string of the molecule is COc1ccc(-c2nc3ccccc3[nH]2)cc1COc1ccc(F)cc1. The van der Waals surface area contributed by atoms with Crippen molar-refractivity contribution in [2.24, 2.45) is 0 Å². The second-order valence-corrected chi connectivity index (χ2v) is 5.87. The lowest BCUT2D eigenvalue weighted by atomic mass is 10.1. The number of hydrogen-bond acceptors (Lipinski definition) is 3. The molecule has 3 aromatic carbocycles. The lowest BCUT2D eigenvalue weighted by Gasteiger charge is -2.11. The first-order chi connectivity index (χ1) is 12.7. The van der Waals surface area contributed by atoms with Crippen LogP contribution in [0.25, 0.3) is 22.4 Å². The van der Waals surface area contributed by atoms with Gasteiger partial charge in [0.15, 0.2) is 0 Å². The molecule has 0 atom stereocenters. The number of aromatic amines is 1. The van der Waals surface area contributed by atoms with Gasteiger partial charge in [0.1, 0.15) is 29.7 Å². The summed E-state index contributed by atoms with van der Waals surface area (Å²) in [6, 6.07) is 19.7. The maximum Gasteiger partial charge on any atom is 0.138 e. The van der Waals surface area contributed by atoms with E-state index >= 15 is 0 Å². The molecular formula is C21H17FN2O2. The molecule has 0 fully saturated rings. The van der Waals surface area contributed by atoms with E-state index in [0.717, 1.165) is 33.7 Å². The number of ether oxygens (including phenoxy) is 2. The molecule has 4 nitrogen and oxygen atoms in total.